The fourth-order valence-electron chi connectivity index (χ4n) is 0.689. The maximum atomic E-state index is 10.6. The lowest BCUT2D eigenvalue weighted by Crippen LogP contribution is -2.09. The highest BCUT2D eigenvalue weighted by molar-refractivity contribution is 5.81. The van der Waals surface area contributed by atoms with Gasteiger partial charge in [0.1, 0.15) is 13.2 Å². The molecule has 70 valence electrons. The Labute approximate surface area is 75.7 Å². The summed E-state index contributed by atoms with van der Waals surface area (Å²) in [6.45, 7) is 3.71. The fourth-order valence-corrected chi connectivity index (χ4v) is 0.689. The van der Waals surface area contributed by atoms with Crippen molar-refractivity contribution in [2.45, 2.75) is 0 Å². The molecule has 0 aromatic carbocycles. The van der Waals surface area contributed by atoms with Gasteiger partial charge in [0, 0.05) is 12.1 Å². The molecule has 0 aliphatic heterocycles. The van der Waals surface area contributed by atoms with Gasteiger partial charge in [-0.25, -0.2) is 4.79 Å². The van der Waals surface area contributed by atoms with Gasteiger partial charge >= 0.3 is 5.97 Å². The van der Waals surface area contributed by atoms with E-state index in [1.165, 1.54) is 6.26 Å². The number of ether oxygens (including phenoxy) is 2. The van der Waals surface area contributed by atoms with Gasteiger partial charge in [0.2, 0.25) is 0 Å². The van der Waals surface area contributed by atoms with Crippen molar-refractivity contribution in [3.05, 3.63) is 31.1 Å². The average Bonchev–Trinajstić information content (AvgIpc) is 2.64. The SMILES string of the molecule is C=CC(=O)OCCOc1ccco1. The molecule has 0 aliphatic rings. The van der Waals surface area contributed by atoms with Crippen molar-refractivity contribution in [2.75, 3.05) is 13.2 Å². The molecule has 0 atom stereocenters. The molecule has 1 aromatic rings. The van der Waals surface area contributed by atoms with E-state index in [2.05, 4.69) is 11.3 Å². The number of esters is 1. The summed E-state index contributed by atoms with van der Waals surface area (Å²) in [6, 6.07) is 3.39. The summed E-state index contributed by atoms with van der Waals surface area (Å²) in [4.78, 5) is 10.6. The Morgan fingerprint density at radius 1 is 1.62 bits per heavy atom. The highest BCUT2D eigenvalue weighted by Gasteiger charge is 1.97. The van der Waals surface area contributed by atoms with E-state index in [4.69, 9.17) is 9.15 Å². The lowest BCUT2D eigenvalue weighted by molar-refractivity contribution is -0.138. The topological polar surface area (TPSA) is 48.7 Å². The number of furan rings is 1. The minimum atomic E-state index is -0.456. The second-order valence-corrected chi connectivity index (χ2v) is 2.15. The molecule has 0 amide bonds. The summed E-state index contributed by atoms with van der Waals surface area (Å²) < 4.78 is 14.6. The Kier molecular flexibility index (Phi) is 3.63. The van der Waals surface area contributed by atoms with Crippen LogP contribution in [0, 0.1) is 0 Å². The monoisotopic (exact) mass is 182 g/mol. The maximum Gasteiger partial charge on any atom is 0.330 e. The van der Waals surface area contributed by atoms with Gasteiger partial charge in [-0.3, -0.25) is 0 Å². The van der Waals surface area contributed by atoms with Gasteiger partial charge in [0.25, 0.3) is 5.95 Å². The van der Waals surface area contributed by atoms with Crippen molar-refractivity contribution in [3.63, 3.8) is 0 Å². The van der Waals surface area contributed by atoms with E-state index >= 15 is 0 Å². The van der Waals surface area contributed by atoms with Gasteiger partial charge in [-0.2, -0.15) is 0 Å². The van der Waals surface area contributed by atoms with Gasteiger partial charge in [-0.05, 0) is 6.07 Å². The zero-order valence-corrected chi connectivity index (χ0v) is 7.06. The Hall–Kier alpha value is -1.71. The summed E-state index contributed by atoms with van der Waals surface area (Å²) in [6.07, 6.45) is 2.61. The van der Waals surface area contributed by atoms with Crippen LogP contribution in [-0.2, 0) is 9.53 Å². The number of hydrogen-bond acceptors (Lipinski definition) is 4. The van der Waals surface area contributed by atoms with Gasteiger partial charge in [0.05, 0.1) is 6.26 Å². The van der Waals surface area contributed by atoms with Crippen LogP contribution in [0.3, 0.4) is 0 Å². The molecule has 4 heteroatoms. The molecule has 13 heavy (non-hydrogen) atoms. The molecule has 4 nitrogen and oxygen atoms in total. The Bertz CT molecular complexity index is 263. The van der Waals surface area contributed by atoms with Crippen molar-refractivity contribution >= 4 is 5.97 Å². The molecule has 0 saturated heterocycles. The molecule has 1 heterocycles. The minimum absolute atomic E-state index is 0.186. The van der Waals surface area contributed by atoms with Gasteiger partial charge in [-0.15, -0.1) is 0 Å². The fraction of sp³-hybridized carbons (Fsp3) is 0.222. The summed E-state index contributed by atoms with van der Waals surface area (Å²) >= 11 is 0. The van der Waals surface area contributed by atoms with Crippen molar-refractivity contribution in [1.29, 1.82) is 0 Å². The summed E-state index contributed by atoms with van der Waals surface area (Å²) in [5.41, 5.74) is 0. The molecule has 0 unspecified atom stereocenters. The highest BCUT2D eigenvalue weighted by Crippen LogP contribution is 2.08. The van der Waals surface area contributed by atoms with Crippen molar-refractivity contribution < 1.29 is 18.7 Å². The first-order valence-electron chi connectivity index (χ1n) is 3.78. The van der Waals surface area contributed by atoms with Gasteiger partial charge in [-0.1, -0.05) is 6.58 Å². The molecular weight excluding hydrogens is 172 g/mol. The molecule has 0 spiro atoms. The number of carbonyl (C=O) groups is 1. The lowest BCUT2D eigenvalue weighted by Gasteiger charge is -2.02. The number of rotatable bonds is 5. The molecule has 0 radical (unpaired) electrons. The predicted octanol–water partition coefficient (Wildman–Crippen LogP) is 1.39. The van der Waals surface area contributed by atoms with Crippen LogP contribution < -0.4 is 4.74 Å². The Morgan fingerprint density at radius 3 is 3.08 bits per heavy atom. The standard InChI is InChI=1S/C9H10O4/c1-2-8(10)11-6-7-13-9-4-3-5-12-9/h2-5H,1,6-7H2. The van der Waals surface area contributed by atoms with Gasteiger partial charge in [0.15, 0.2) is 0 Å². The zero-order chi connectivity index (χ0) is 9.52. The van der Waals surface area contributed by atoms with E-state index < -0.39 is 5.97 Å². The Morgan fingerprint density at radius 2 is 2.46 bits per heavy atom. The molecule has 0 N–H and O–H groups in total. The van der Waals surface area contributed by atoms with Crippen LogP contribution in [-0.4, -0.2) is 19.2 Å². The van der Waals surface area contributed by atoms with Crippen molar-refractivity contribution in [1.82, 2.24) is 0 Å². The van der Waals surface area contributed by atoms with E-state index in [-0.39, 0.29) is 13.2 Å². The smallest absolute Gasteiger partial charge is 0.330 e. The van der Waals surface area contributed by atoms with Crippen LogP contribution in [0.5, 0.6) is 5.95 Å². The van der Waals surface area contributed by atoms with E-state index in [9.17, 15) is 4.79 Å². The molecule has 1 aromatic heterocycles. The number of hydrogen-bond donors (Lipinski definition) is 0. The van der Waals surface area contributed by atoms with Crippen LogP contribution in [0.4, 0.5) is 0 Å². The van der Waals surface area contributed by atoms with Crippen LogP contribution in [0.15, 0.2) is 35.5 Å². The van der Waals surface area contributed by atoms with Gasteiger partial charge < -0.3 is 13.9 Å². The Balaban J connectivity index is 2.08. The molecule has 0 saturated carbocycles. The van der Waals surface area contributed by atoms with Crippen LogP contribution in [0.2, 0.25) is 0 Å². The van der Waals surface area contributed by atoms with E-state index in [1.807, 2.05) is 0 Å². The second-order valence-electron chi connectivity index (χ2n) is 2.15. The third-order valence-corrected chi connectivity index (χ3v) is 1.23. The first kappa shape index (κ1) is 9.38. The van der Waals surface area contributed by atoms with E-state index in [0.717, 1.165) is 6.08 Å². The van der Waals surface area contributed by atoms with Crippen LogP contribution in [0.1, 0.15) is 0 Å². The predicted molar refractivity (Wildman–Crippen MR) is 45.4 cm³/mol. The van der Waals surface area contributed by atoms with E-state index in [1.54, 1.807) is 12.1 Å². The molecule has 0 bridgehead atoms. The first-order valence-corrected chi connectivity index (χ1v) is 3.78. The van der Waals surface area contributed by atoms with Crippen molar-refractivity contribution in [2.24, 2.45) is 0 Å². The maximum absolute atomic E-state index is 10.6. The quantitative estimate of drug-likeness (QED) is 0.392. The molecule has 0 aliphatic carbocycles. The average molecular weight is 182 g/mol. The molecular formula is C9H10O4. The third-order valence-electron chi connectivity index (χ3n) is 1.23. The third kappa shape index (κ3) is 3.46. The number of carbonyl (C=O) groups excluding carboxylic acids is 1. The summed E-state index contributed by atoms with van der Waals surface area (Å²) in [5.74, 6) is -0.0438. The highest BCUT2D eigenvalue weighted by atomic mass is 16.6. The second kappa shape index (κ2) is 5.03. The normalized spacial score (nSPS) is 9.23. The minimum Gasteiger partial charge on any atom is -0.462 e. The summed E-state index contributed by atoms with van der Waals surface area (Å²) in [5, 5.41) is 0. The zero-order valence-electron chi connectivity index (χ0n) is 7.06. The van der Waals surface area contributed by atoms with E-state index in [0.29, 0.717) is 5.95 Å². The first-order chi connectivity index (χ1) is 6.33. The van der Waals surface area contributed by atoms with Crippen LogP contribution >= 0.6 is 0 Å². The summed E-state index contributed by atoms with van der Waals surface area (Å²) in [7, 11) is 0. The van der Waals surface area contributed by atoms with Crippen LogP contribution in [0.25, 0.3) is 0 Å². The largest absolute Gasteiger partial charge is 0.462 e. The molecule has 0 fully saturated rings. The lowest BCUT2D eigenvalue weighted by atomic mass is 10.6. The molecule has 1 rings (SSSR count). The van der Waals surface area contributed by atoms with Crippen molar-refractivity contribution in [3.8, 4) is 5.95 Å².